The second kappa shape index (κ2) is 6.06. The van der Waals surface area contributed by atoms with E-state index in [1.807, 2.05) is 0 Å². The summed E-state index contributed by atoms with van der Waals surface area (Å²) < 4.78 is 31.7. The number of carbonyl (C=O) groups excluding carboxylic acids is 1. The van der Waals surface area contributed by atoms with Crippen LogP contribution < -0.4 is 0 Å². The topological polar surface area (TPSA) is 42.4 Å². The average Bonchev–Trinajstić information content (AvgIpc) is 3.21. The molecule has 1 aliphatic carbocycles. The van der Waals surface area contributed by atoms with Crippen molar-refractivity contribution in [1.82, 2.24) is 9.88 Å². The summed E-state index contributed by atoms with van der Waals surface area (Å²) in [5.74, 6) is -2.39. The van der Waals surface area contributed by atoms with Crippen molar-refractivity contribution in [2.75, 3.05) is 26.8 Å². The highest BCUT2D eigenvalue weighted by Gasteiger charge is 2.22. The summed E-state index contributed by atoms with van der Waals surface area (Å²) in [5, 5.41) is 0. The Morgan fingerprint density at radius 2 is 2.26 bits per heavy atom. The Balaban J connectivity index is 1.84. The molecular formula is C13H16F2N2O2. The van der Waals surface area contributed by atoms with E-state index in [1.54, 1.807) is 0 Å². The number of aromatic nitrogens is 1. The molecule has 1 aliphatic rings. The molecule has 0 atom stereocenters. The number of hydrogen-bond acceptors (Lipinski definition) is 3. The lowest BCUT2D eigenvalue weighted by Crippen LogP contribution is -2.31. The van der Waals surface area contributed by atoms with Crippen LogP contribution in [-0.2, 0) is 4.74 Å². The van der Waals surface area contributed by atoms with Gasteiger partial charge in [-0.05, 0) is 24.8 Å². The normalized spacial score (nSPS) is 14.5. The van der Waals surface area contributed by atoms with Crippen molar-refractivity contribution in [3.8, 4) is 0 Å². The highest BCUT2D eigenvalue weighted by atomic mass is 19.2. The highest BCUT2D eigenvalue weighted by Crippen LogP contribution is 2.28. The van der Waals surface area contributed by atoms with E-state index in [4.69, 9.17) is 4.74 Å². The third kappa shape index (κ3) is 3.70. The molecule has 1 aromatic heterocycles. The van der Waals surface area contributed by atoms with E-state index in [0.29, 0.717) is 25.7 Å². The Morgan fingerprint density at radius 1 is 1.53 bits per heavy atom. The Kier molecular flexibility index (Phi) is 4.42. The molecule has 0 saturated heterocycles. The van der Waals surface area contributed by atoms with E-state index in [2.05, 4.69) is 4.98 Å². The summed E-state index contributed by atoms with van der Waals surface area (Å²) in [5.41, 5.74) is -0.308. The molecule has 0 spiro atoms. The Morgan fingerprint density at radius 3 is 2.95 bits per heavy atom. The lowest BCUT2D eigenvalue weighted by Gasteiger charge is -2.17. The maximum Gasteiger partial charge on any atom is 0.256 e. The molecule has 6 heteroatoms. The molecule has 0 unspecified atom stereocenters. The summed E-state index contributed by atoms with van der Waals surface area (Å²) in [6, 6.07) is 1.17. The zero-order valence-electron chi connectivity index (χ0n) is 10.7. The van der Waals surface area contributed by atoms with Crippen molar-refractivity contribution in [2.45, 2.75) is 12.8 Å². The monoisotopic (exact) mass is 270 g/mol. The number of nitrogens with zero attached hydrogens (tertiary/aromatic N) is 2. The maximum absolute atomic E-state index is 13.4. The van der Waals surface area contributed by atoms with Gasteiger partial charge in [0.15, 0.2) is 5.82 Å². The van der Waals surface area contributed by atoms with Crippen molar-refractivity contribution in [1.29, 1.82) is 0 Å². The second-order valence-electron chi connectivity index (χ2n) is 4.71. The number of likely N-dealkylation sites (N-methyl/N-ethyl adjacent to an activating group) is 1. The van der Waals surface area contributed by atoms with E-state index < -0.39 is 17.7 Å². The van der Waals surface area contributed by atoms with Gasteiger partial charge >= 0.3 is 0 Å². The molecule has 0 bridgehead atoms. The van der Waals surface area contributed by atoms with Crippen LogP contribution >= 0.6 is 0 Å². The molecule has 0 aromatic carbocycles. The van der Waals surface area contributed by atoms with Crippen LogP contribution in [0.1, 0.15) is 23.2 Å². The summed E-state index contributed by atoms with van der Waals surface area (Å²) >= 11 is 0. The third-order valence-electron chi connectivity index (χ3n) is 3.05. The molecule has 19 heavy (non-hydrogen) atoms. The molecule has 1 aromatic rings. The zero-order valence-corrected chi connectivity index (χ0v) is 10.7. The first-order chi connectivity index (χ1) is 9.09. The molecule has 0 radical (unpaired) electrons. The van der Waals surface area contributed by atoms with Gasteiger partial charge in [0.1, 0.15) is 0 Å². The fraction of sp³-hybridized carbons (Fsp3) is 0.538. The second-order valence-corrected chi connectivity index (χ2v) is 4.71. The third-order valence-corrected chi connectivity index (χ3v) is 3.05. The van der Waals surface area contributed by atoms with Crippen molar-refractivity contribution in [2.24, 2.45) is 5.92 Å². The minimum atomic E-state index is -1.26. The smallest absolute Gasteiger partial charge is 0.256 e. The molecule has 1 fully saturated rings. The average molecular weight is 270 g/mol. The minimum Gasteiger partial charge on any atom is -0.379 e. The number of halogens is 2. The van der Waals surface area contributed by atoms with Crippen molar-refractivity contribution < 1.29 is 18.3 Å². The SMILES string of the molecule is CN(CCOCC1CC1)C(=O)c1ccnc(F)c1F. The molecule has 0 aliphatic heterocycles. The zero-order chi connectivity index (χ0) is 13.8. The van der Waals surface area contributed by atoms with Crippen LogP contribution in [0.15, 0.2) is 12.3 Å². The van der Waals surface area contributed by atoms with Crippen LogP contribution in [0.3, 0.4) is 0 Å². The van der Waals surface area contributed by atoms with Gasteiger partial charge in [0.05, 0.1) is 12.2 Å². The van der Waals surface area contributed by atoms with Crippen LogP contribution in [0.5, 0.6) is 0 Å². The standard InChI is InChI=1S/C13H16F2N2O2/c1-17(6-7-19-8-9-2-3-9)13(18)10-4-5-16-12(15)11(10)14/h4-5,9H,2-3,6-8H2,1H3. The lowest BCUT2D eigenvalue weighted by atomic mass is 10.2. The van der Waals surface area contributed by atoms with Crippen LogP contribution in [-0.4, -0.2) is 42.6 Å². The van der Waals surface area contributed by atoms with E-state index >= 15 is 0 Å². The number of hydrogen-bond donors (Lipinski definition) is 0. The first-order valence-corrected chi connectivity index (χ1v) is 6.23. The van der Waals surface area contributed by atoms with Gasteiger partial charge in [-0.1, -0.05) is 0 Å². The molecule has 1 amide bonds. The number of rotatable bonds is 6. The Labute approximate surface area is 110 Å². The predicted octanol–water partition coefficient (Wildman–Crippen LogP) is 1.86. The largest absolute Gasteiger partial charge is 0.379 e. The number of amides is 1. The molecule has 1 heterocycles. The van der Waals surface area contributed by atoms with E-state index in [1.165, 1.54) is 30.9 Å². The van der Waals surface area contributed by atoms with Gasteiger partial charge in [0.25, 0.3) is 5.91 Å². The molecular weight excluding hydrogens is 254 g/mol. The predicted molar refractivity (Wildman–Crippen MR) is 64.7 cm³/mol. The fourth-order valence-corrected chi connectivity index (χ4v) is 1.63. The van der Waals surface area contributed by atoms with Crippen molar-refractivity contribution in [3.05, 3.63) is 29.6 Å². The van der Waals surface area contributed by atoms with Crippen molar-refractivity contribution in [3.63, 3.8) is 0 Å². The molecule has 1 saturated carbocycles. The van der Waals surface area contributed by atoms with Crippen LogP contribution in [0, 0.1) is 17.7 Å². The Bertz CT molecular complexity index is 464. The van der Waals surface area contributed by atoms with E-state index in [9.17, 15) is 13.6 Å². The van der Waals surface area contributed by atoms with Crippen LogP contribution in [0.2, 0.25) is 0 Å². The minimum absolute atomic E-state index is 0.308. The molecule has 0 N–H and O–H groups in total. The van der Waals surface area contributed by atoms with Gasteiger partial charge in [-0.15, -0.1) is 0 Å². The first kappa shape index (κ1) is 13.9. The Hall–Kier alpha value is -1.56. The van der Waals surface area contributed by atoms with Gasteiger partial charge in [-0.3, -0.25) is 4.79 Å². The summed E-state index contributed by atoms with van der Waals surface area (Å²) in [7, 11) is 1.53. The quantitative estimate of drug-likeness (QED) is 0.585. The van der Waals surface area contributed by atoms with Gasteiger partial charge in [0.2, 0.25) is 5.95 Å². The summed E-state index contributed by atoms with van der Waals surface area (Å²) in [4.78, 5) is 16.4. The fourth-order valence-electron chi connectivity index (χ4n) is 1.63. The molecule has 104 valence electrons. The number of ether oxygens (including phenoxy) is 1. The maximum atomic E-state index is 13.4. The van der Waals surface area contributed by atoms with Gasteiger partial charge in [0, 0.05) is 26.4 Å². The lowest BCUT2D eigenvalue weighted by molar-refractivity contribution is 0.0676. The van der Waals surface area contributed by atoms with Gasteiger partial charge in [-0.2, -0.15) is 4.39 Å². The highest BCUT2D eigenvalue weighted by molar-refractivity contribution is 5.94. The van der Waals surface area contributed by atoms with Gasteiger partial charge in [-0.25, -0.2) is 9.37 Å². The van der Waals surface area contributed by atoms with E-state index in [0.717, 1.165) is 6.20 Å². The van der Waals surface area contributed by atoms with E-state index in [-0.39, 0.29) is 5.56 Å². The van der Waals surface area contributed by atoms with Crippen LogP contribution in [0.4, 0.5) is 8.78 Å². The van der Waals surface area contributed by atoms with Crippen LogP contribution in [0.25, 0.3) is 0 Å². The first-order valence-electron chi connectivity index (χ1n) is 6.23. The number of pyridine rings is 1. The summed E-state index contributed by atoms with van der Waals surface area (Å²) in [6.45, 7) is 1.45. The van der Waals surface area contributed by atoms with Gasteiger partial charge < -0.3 is 9.64 Å². The summed E-state index contributed by atoms with van der Waals surface area (Å²) in [6.07, 6.45) is 3.48. The number of carbonyl (C=O) groups is 1. The molecule has 2 rings (SSSR count). The van der Waals surface area contributed by atoms with Crippen molar-refractivity contribution >= 4 is 5.91 Å². The molecule has 4 nitrogen and oxygen atoms in total.